The second-order valence-electron chi connectivity index (χ2n) is 5.15. The molecule has 1 aromatic carbocycles. The van der Waals surface area contributed by atoms with E-state index in [2.05, 4.69) is 15.9 Å². The molecular formula is C15H17BrO4. The lowest BCUT2D eigenvalue weighted by Gasteiger charge is -2.32. The molecule has 0 radical (unpaired) electrons. The number of carbonyl (C=O) groups is 2. The zero-order valence-electron chi connectivity index (χ0n) is 11.3. The summed E-state index contributed by atoms with van der Waals surface area (Å²) in [5, 5.41) is 9.57. The van der Waals surface area contributed by atoms with Gasteiger partial charge in [-0.1, -0.05) is 22.4 Å². The number of benzene rings is 1. The van der Waals surface area contributed by atoms with Crippen molar-refractivity contribution in [1.29, 1.82) is 0 Å². The van der Waals surface area contributed by atoms with Crippen LogP contribution in [0, 0.1) is 5.41 Å². The van der Waals surface area contributed by atoms with Crippen LogP contribution in [0.1, 0.15) is 31.2 Å². The second-order valence-corrected chi connectivity index (χ2v) is 6.01. The fourth-order valence-corrected chi connectivity index (χ4v) is 3.11. The standard InChI is InChI=1S/C15H17BrO4/c1-20-11-5-6-12(16)10(8-11)9-15(14(18)19)7-3-2-4-13(15)17/h5-6,8H,2-4,7,9H2,1H3,(H,18,19). The Morgan fingerprint density at radius 3 is 2.80 bits per heavy atom. The van der Waals surface area contributed by atoms with Gasteiger partial charge in [0.05, 0.1) is 7.11 Å². The largest absolute Gasteiger partial charge is 0.497 e. The van der Waals surface area contributed by atoms with Crippen LogP contribution in [0.15, 0.2) is 22.7 Å². The van der Waals surface area contributed by atoms with Gasteiger partial charge in [0.1, 0.15) is 11.2 Å². The number of aliphatic carboxylic acids is 1. The summed E-state index contributed by atoms with van der Waals surface area (Å²) in [4.78, 5) is 23.9. The quantitative estimate of drug-likeness (QED) is 0.854. The highest BCUT2D eigenvalue weighted by molar-refractivity contribution is 9.10. The van der Waals surface area contributed by atoms with Gasteiger partial charge in [-0.25, -0.2) is 0 Å². The molecule has 0 aliphatic heterocycles. The summed E-state index contributed by atoms with van der Waals surface area (Å²) < 4.78 is 5.97. The smallest absolute Gasteiger partial charge is 0.317 e. The van der Waals surface area contributed by atoms with Gasteiger partial charge in [-0.3, -0.25) is 9.59 Å². The Balaban J connectivity index is 2.38. The summed E-state index contributed by atoms with van der Waals surface area (Å²) in [6.45, 7) is 0. The molecule has 1 aromatic rings. The number of carboxylic acids is 1. The number of carboxylic acid groups (broad SMARTS) is 1. The summed E-state index contributed by atoms with van der Waals surface area (Å²) in [7, 11) is 1.56. The lowest BCUT2D eigenvalue weighted by atomic mass is 9.69. The lowest BCUT2D eigenvalue weighted by Crippen LogP contribution is -2.43. The topological polar surface area (TPSA) is 63.6 Å². The van der Waals surface area contributed by atoms with Crippen LogP contribution in [-0.2, 0) is 16.0 Å². The van der Waals surface area contributed by atoms with Crippen LogP contribution in [0.3, 0.4) is 0 Å². The monoisotopic (exact) mass is 340 g/mol. The molecule has 1 unspecified atom stereocenters. The van der Waals surface area contributed by atoms with Gasteiger partial charge in [-0.05, 0) is 43.0 Å². The molecule has 4 nitrogen and oxygen atoms in total. The number of halogens is 1. The number of hydrogen-bond acceptors (Lipinski definition) is 3. The lowest BCUT2D eigenvalue weighted by molar-refractivity contribution is -0.157. The van der Waals surface area contributed by atoms with Crippen molar-refractivity contribution < 1.29 is 19.4 Å². The first-order valence-electron chi connectivity index (χ1n) is 6.59. The fourth-order valence-electron chi connectivity index (χ4n) is 2.72. The number of rotatable bonds is 4. The highest BCUT2D eigenvalue weighted by Gasteiger charge is 2.47. The molecule has 0 spiro atoms. The molecule has 0 heterocycles. The van der Waals surface area contributed by atoms with Crippen molar-refractivity contribution in [3.8, 4) is 5.75 Å². The van der Waals surface area contributed by atoms with Gasteiger partial charge in [0.25, 0.3) is 0 Å². The van der Waals surface area contributed by atoms with Gasteiger partial charge in [0, 0.05) is 10.9 Å². The molecular weight excluding hydrogens is 324 g/mol. The van der Waals surface area contributed by atoms with Crippen LogP contribution in [0.4, 0.5) is 0 Å². The number of Topliss-reactive ketones (excluding diaryl/α,β-unsaturated/α-hetero) is 1. The first-order chi connectivity index (χ1) is 9.49. The fraction of sp³-hybridized carbons (Fsp3) is 0.467. The van der Waals surface area contributed by atoms with Crippen molar-refractivity contribution in [2.24, 2.45) is 5.41 Å². The molecule has 5 heteroatoms. The maximum Gasteiger partial charge on any atom is 0.317 e. The number of methoxy groups -OCH3 is 1. The Labute approximate surface area is 126 Å². The predicted octanol–water partition coefficient (Wildman–Crippen LogP) is 3.21. The van der Waals surface area contributed by atoms with Crippen molar-refractivity contribution in [1.82, 2.24) is 0 Å². The van der Waals surface area contributed by atoms with Crippen LogP contribution in [0.25, 0.3) is 0 Å². The van der Waals surface area contributed by atoms with E-state index in [1.165, 1.54) is 0 Å². The summed E-state index contributed by atoms with van der Waals surface area (Å²) >= 11 is 3.42. The Kier molecular flexibility index (Phi) is 4.48. The Bertz CT molecular complexity index is 541. The number of carbonyl (C=O) groups excluding carboxylic acids is 1. The third-order valence-electron chi connectivity index (χ3n) is 3.95. The van der Waals surface area contributed by atoms with Crippen LogP contribution < -0.4 is 4.74 Å². The van der Waals surface area contributed by atoms with Crippen LogP contribution in [0.2, 0.25) is 0 Å². The zero-order valence-corrected chi connectivity index (χ0v) is 12.9. The van der Waals surface area contributed by atoms with E-state index in [4.69, 9.17) is 4.74 Å². The van der Waals surface area contributed by atoms with E-state index in [0.29, 0.717) is 18.6 Å². The summed E-state index contributed by atoms with van der Waals surface area (Å²) in [5.41, 5.74) is -0.491. The third kappa shape index (κ3) is 2.73. The summed E-state index contributed by atoms with van der Waals surface area (Å²) in [5.74, 6) is -0.519. The summed E-state index contributed by atoms with van der Waals surface area (Å²) in [6.07, 6.45) is 2.53. The molecule has 2 rings (SSSR count). The molecule has 0 saturated heterocycles. The van der Waals surface area contributed by atoms with Crippen molar-refractivity contribution in [2.45, 2.75) is 32.1 Å². The van der Waals surface area contributed by atoms with Gasteiger partial charge in [-0.15, -0.1) is 0 Å². The van der Waals surface area contributed by atoms with Gasteiger partial charge < -0.3 is 9.84 Å². The van der Waals surface area contributed by atoms with Crippen molar-refractivity contribution in [3.05, 3.63) is 28.2 Å². The normalized spacial score (nSPS) is 22.6. The Morgan fingerprint density at radius 1 is 1.45 bits per heavy atom. The van der Waals surface area contributed by atoms with Crippen LogP contribution in [0.5, 0.6) is 5.75 Å². The van der Waals surface area contributed by atoms with Gasteiger partial charge in [0.15, 0.2) is 5.78 Å². The molecule has 1 N–H and O–H groups in total. The molecule has 0 amide bonds. The van der Waals surface area contributed by atoms with E-state index >= 15 is 0 Å². The van der Waals surface area contributed by atoms with Crippen LogP contribution >= 0.6 is 15.9 Å². The minimum absolute atomic E-state index is 0.161. The van der Waals surface area contributed by atoms with Gasteiger partial charge in [-0.2, -0.15) is 0 Å². The Morgan fingerprint density at radius 2 is 2.20 bits per heavy atom. The number of hydrogen-bond donors (Lipinski definition) is 1. The molecule has 1 fully saturated rings. The molecule has 1 saturated carbocycles. The average Bonchev–Trinajstić information content (AvgIpc) is 2.43. The maximum absolute atomic E-state index is 12.2. The molecule has 1 atom stereocenters. The van der Waals surface area contributed by atoms with E-state index in [-0.39, 0.29) is 12.2 Å². The molecule has 1 aliphatic carbocycles. The van der Waals surface area contributed by atoms with E-state index in [9.17, 15) is 14.7 Å². The first-order valence-corrected chi connectivity index (χ1v) is 7.38. The molecule has 0 aromatic heterocycles. The SMILES string of the molecule is COc1ccc(Br)c(CC2(C(=O)O)CCCCC2=O)c1. The third-order valence-corrected chi connectivity index (χ3v) is 4.72. The zero-order chi connectivity index (χ0) is 14.8. The number of ketones is 1. The van der Waals surface area contributed by atoms with Gasteiger partial charge in [0.2, 0.25) is 0 Å². The first kappa shape index (κ1) is 15.0. The average molecular weight is 341 g/mol. The maximum atomic E-state index is 12.2. The van der Waals surface area contributed by atoms with Crippen LogP contribution in [-0.4, -0.2) is 24.0 Å². The van der Waals surface area contributed by atoms with Crippen molar-refractivity contribution in [2.75, 3.05) is 7.11 Å². The molecule has 108 valence electrons. The van der Waals surface area contributed by atoms with E-state index in [1.807, 2.05) is 6.07 Å². The van der Waals surface area contributed by atoms with Crippen molar-refractivity contribution in [3.63, 3.8) is 0 Å². The van der Waals surface area contributed by atoms with Gasteiger partial charge >= 0.3 is 5.97 Å². The predicted molar refractivity (Wildman–Crippen MR) is 77.9 cm³/mol. The minimum atomic E-state index is -1.28. The minimum Gasteiger partial charge on any atom is -0.497 e. The Hall–Kier alpha value is -1.36. The van der Waals surface area contributed by atoms with Crippen molar-refractivity contribution >= 4 is 27.7 Å². The highest BCUT2D eigenvalue weighted by Crippen LogP contribution is 2.39. The second kappa shape index (κ2) is 5.95. The molecule has 1 aliphatic rings. The number of ether oxygens (including phenoxy) is 1. The van der Waals surface area contributed by atoms with E-state index in [0.717, 1.165) is 22.9 Å². The van der Waals surface area contributed by atoms with E-state index in [1.54, 1.807) is 19.2 Å². The highest BCUT2D eigenvalue weighted by atomic mass is 79.9. The molecule has 0 bridgehead atoms. The summed E-state index contributed by atoms with van der Waals surface area (Å²) in [6, 6.07) is 5.40. The van der Waals surface area contributed by atoms with E-state index < -0.39 is 11.4 Å². The molecule has 20 heavy (non-hydrogen) atoms.